The van der Waals surface area contributed by atoms with E-state index in [1.807, 2.05) is 0 Å². The molecule has 2 aromatic carbocycles. The van der Waals surface area contributed by atoms with E-state index in [2.05, 4.69) is 21.2 Å². The third-order valence-electron chi connectivity index (χ3n) is 3.40. The monoisotopic (exact) mass is 448 g/mol. The Bertz CT molecular complexity index is 922. The summed E-state index contributed by atoms with van der Waals surface area (Å²) >= 11 is 9.16. The van der Waals surface area contributed by atoms with Gasteiger partial charge in [0.2, 0.25) is 15.9 Å². The molecule has 0 atom stereocenters. The minimum absolute atomic E-state index is 0.0375. The Hall–Kier alpha value is -1.64. The lowest BCUT2D eigenvalue weighted by Crippen LogP contribution is -2.38. The zero-order valence-electron chi connectivity index (χ0n) is 13.4. The maximum absolute atomic E-state index is 13.8. The molecule has 2 rings (SSSR count). The Morgan fingerprint density at radius 3 is 2.60 bits per heavy atom. The van der Waals surface area contributed by atoms with Crippen molar-refractivity contribution in [2.45, 2.75) is 6.92 Å². The number of rotatable bonds is 5. The number of carbonyl (C=O) groups excluding carboxylic acids is 1. The van der Waals surface area contributed by atoms with Crippen LogP contribution in [-0.2, 0) is 14.8 Å². The third-order valence-corrected chi connectivity index (χ3v) is 5.43. The second-order valence-corrected chi connectivity index (χ2v) is 8.56. The molecule has 0 aliphatic carbocycles. The summed E-state index contributed by atoms with van der Waals surface area (Å²) < 4.78 is 39.5. The highest BCUT2D eigenvalue weighted by Gasteiger charge is 2.23. The molecule has 1 N–H and O–H groups in total. The van der Waals surface area contributed by atoms with Crippen LogP contribution in [0.3, 0.4) is 0 Å². The van der Waals surface area contributed by atoms with Gasteiger partial charge in [0.15, 0.2) is 0 Å². The normalized spacial score (nSPS) is 11.2. The average molecular weight is 450 g/mol. The SMILES string of the molecule is Cc1c(Cl)cccc1N(CC(=O)Nc1ccc(Br)cc1F)S(C)(=O)=O. The molecule has 0 radical (unpaired) electrons. The number of hydrogen-bond acceptors (Lipinski definition) is 3. The van der Waals surface area contributed by atoms with Gasteiger partial charge in [-0.2, -0.15) is 0 Å². The fourth-order valence-electron chi connectivity index (χ4n) is 2.16. The Labute approximate surface area is 159 Å². The number of hydrogen-bond donors (Lipinski definition) is 1. The van der Waals surface area contributed by atoms with Crippen molar-refractivity contribution in [3.63, 3.8) is 0 Å². The summed E-state index contributed by atoms with van der Waals surface area (Å²) in [5.74, 6) is -1.31. The van der Waals surface area contributed by atoms with Crippen LogP contribution in [0.2, 0.25) is 5.02 Å². The number of benzene rings is 2. The lowest BCUT2D eigenvalue weighted by Gasteiger charge is -2.24. The number of nitrogens with zero attached hydrogens (tertiary/aromatic N) is 1. The Kier molecular flexibility index (Phi) is 6.08. The molecule has 1 amide bonds. The second-order valence-electron chi connectivity index (χ2n) is 5.33. The topological polar surface area (TPSA) is 66.5 Å². The summed E-state index contributed by atoms with van der Waals surface area (Å²) in [6.45, 7) is 1.15. The second kappa shape index (κ2) is 7.72. The molecule has 0 unspecified atom stereocenters. The Morgan fingerprint density at radius 2 is 2.00 bits per heavy atom. The quantitative estimate of drug-likeness (QED) is 0.751. The van der Waals surface area contributed by atoms with E-state index in [1.54, 1.807) is 31.2 Å². The molecule has 0 aliphatic rings. The first-order chi connectivity index (χ1) is 11.6. The lowest BCUT2D eigenvalue weighted by molar-refractivity contribution is -0.114. The van der Waals surface area contributed by atoms with Crippen LogP contribution in [0.1, 0.15) is 5.56 Å². The van der Waals surface area contributed by atoms with Crippen LogP contribution in [-0.4, -0.2) is 27.1 Å². The molecular formula is C16H15BrClFN2O3S. The van der Waals surface area contributed by atoms with Crippen LogP contribution in [0, 0.1) is 12.7 Å². The van der Waals surface area contributed by atoms with E-state index in [0.717, 1.165) is 10.6 Å². The van der Waals surface area contributed by atoms with Crippen molar-refractivity contribution in [3.8, 4) is 0 Å². The lowest BCUT2D eigenvalue weighted by atomic mass is 10.2. The van der Waals surface area contributed by atoms with Crippen LogP contribution in [0.25, 0.3) is 0 Å². The molecule has 9 heteroatoms. The minimum Gasteiger partial charge on any atom is -0.322 e. The number of anilines is 2. The van der Waals surface area contributed by atoms with E-state index in [-0.39, 0.29) is 5.69 Å². The Morgan fingerprint density at radius 1 is 1.32 bits per heavy atom. The molecule has 0 aromatic heterocycles. The first kappa shape index (κ1) is 19.7. The number of halogens is 3. The van der Waals surface area contributed by atoms with Gasteiger partial charge in [0.05, 0.1) is 17.6 Å². The summed E-state index contributed by atoms with van der Waals surface area (Å²) in [6, 6.07) is 8.91. The molecule has 0 aliphatic heterocycles. The standard InChI is InChI=1S/C16H15BrClFN2O3S/c1-10-12(18)4-3-5-15(10)21(25(2,23)24)9-16(22)20-14-7-6-11(17)8-13(14)19/h3-8H,9H2,1-2H3,(H,20,22). The van der Waals surface area contributed by atoms with E-state index in [1.165, 1.54) is 12.1 Å². The highest BCUT2D eigenvalue weighted by atomic mass is 79.9. The maximum Gasteiger partial charge on any atom is 0.245 e. The van der Waals surface area contributed by atoms with Crippen molar-refractivity contribution in [2.75, 3.05) is 22.4 Å². The van der Waals surface area contributed by atoms with Crippen molar-refractivity contribution in [2.24, 2.45) is 0 Å². The molecule has 0 spiro atoms. The first-order valence-corrected chi connectivity index (χ1v) is 10.1. The van der Waals surface area contributed by atoms with Crippen molar-refractivity contribution >= 4 is 54.8 Å². The average Bonchev–Trinajstić information content (AvgIpc) is 2.50. The summed E-state index contributed by atoms with van der Waals surface area (Å²) in [6.07, 6.45) is 0.987. The minimum atomic E-state index is -3.75. The first-order valence-electron chi connectivity index (χ1n) is 7.07. The zero-order chi connectivity index (χ0) is 18.8. The maximum atomic E-state index is 13.8. The summed E-state index contributed by atoms with van der Waals surface area (Å²) in [7, 11) is -3.75. The summed E-state index contributed by atoms with van der Waals surface area (Å²) in [5.41, 5.74) is 0.781. The molecule has 0 fully saturated rings. The fourth-order valence-corrected chi connectivity index (χ4v) is 3.57. The third kappa shape index (κ3) is 4.93. The van der Waals surface area contributed by atoms with Crippen molar-refractivity contribution < 1.29 is 17.6 Å². The predicted octanol–water partition coefficient (Wildman–Crippen LogP) is 3.95. The highest BCUT2D eigenvalue weighted by molar-refractivity contribution is 9.10. The van der Waals surface area contributed by atoms with Gasteiger partial charge in [0.25, 0.3) is 0 Å². The van der Waals surface area contributed by atoms with Gasteiger partial charge in [-0.15, -0.1) is 0 Å². The van der Waals surface area contributed by atoms with Gasteiger partial charge in [-0.05, 0) is 42.8 Å². The molecule has 25 heavy (non-hydrogen) atoms. The van der Waals surface area contributed by atoms with Crippen LogP contribution in [0.15, 0.2) is 40.9 Å². The van der Waals surface area contributed by atoms with Crippen LogP contribution < -0.4 is 9.62 Å². The van der Waals surface area contributed by atoms with E-state index < -0.39 is 28.3 Å². The number of amides is 1. The van der Waals surface area contributed by atoms with E-state index >= 15 is 0 Å². The van der Waals surface area contributed by atoms with Crippen molar-refractivity contribution in [1.29, 1.82) is 0 Å². The Balaban J connectivity index is 2.29. The zero-order valence-corrected chi connectivity index (χ0v) is 16.5. The van der Waals surface area contributed by atoms with Gasteiger partial charge in [-0.25, -0.2) is 12.8 Å². The summed E-state index contributed by atoms with van der Waals surface area (Å²) in [4.78, 5) is 12.2. The molecule has 0 saturated heterocycles. The van der Waals surface area contributed by atoms with E-state index in [4.69, 9.17) is 11.6 Å². The van der Waals surface area contributed by atoms with Crippen LogP contribution >= 0.6 is 27.5 Å². The number of carbonyl (C=O) groups is 1. The van der Waals surface area contributed by atoms with E-state index in [0.29, 0.717) is 20.7 Å². The van der Waals surface area contributed by atoms with Gasteiger partial charge < -0.3 is 5.32 Å². The van der Waals surface area contributed by atoms with Crippen molar-refractivity contribution in [3.05, 3.63) is 57.3 Å². The number of nitrogens with one attached hydrogen (secondary N) is 1. The molecule has 0 bridgehead atoms. The van der Waals surface area contributed by atoms with Crippen molar-refractivity contribution in [1.82, 2.24) is 0 Å². The molecule has 5 nitrogen and oxygen atoms in total. The fraction of sp³-hybridized carbons (Fsp3) is 0.188. The van der Waals surface area contributed by atoms with Crippen LogP contribution in [0.4, 0.5) is 15.8 Å². The van der Waals surface area contributed by atoms with E-state index in [9.17, 15) is 17.6 Å². The van der Waals surface area contributed by atoms with Gasteiger partial charge >= 0.3 is 0 Å². The molecule has 0 saturated carbocycles. The predicted molar refractivity (Wildman–Crippen MR) is 101 cm³/mol. The number of sulfonamides is 1. The molecule has 0 heterocycles. The molecular weight excluding hydrogens is 435 g/mol. The van der Waals surface area contributed by atoms with Gasteiger partial charge in [-0.1, -0.05) is 33.6 Å². The van der Waals surface area contributed by atoms with Gasteiger partial charge in [0, 0.05) is 9.50 Å². The smallest absolute Gasteiger partial charge is 0.245 e. The summed E-state index contributed by atoms with van der Waals surface area (Å²) in [5, 5.41) is 2.75. The molecule has 2 aromatic rings. The highest BCUT2D eigenvalue weighted by Crippen LogP contribution is 2.28. The van der Waals surface area contributed by atoms with Gasteiger partial charge in [0.1, 0.15) is 12.4 Å². The largest absolute Gasteiger partial charge is 0.322 e. The molecule has 134 valence electrons. The van der Waals surface area contributed by atoms with Gasteiger partial charge in [-0.3, -0.25) is 9.10 Å². The van der Waals surface area contributed by atoms with Crippen LogP contribution in [0.5, 0.6) is 0 Å².